The van der Waals surface area contributed by atoms with E-state index < -0.39 is 47.1 Å². The highest BCUT2D eigenvalue weighted by Gasteiger charge is 2.58. The van der Waals surface area contributed by atoms with Crippen LogP contribution in [0.15, 0.2) is 5.16 Å². The van der Waals surface area contributed by atoms with E-state index in [4.69, 9.17) is 9.47 Å². The third-order valence-corrected chi connectivity index (χ3v) is 5.76. The summed E-state index contributed by atoms with van der Waals surface area (Å²) in [5.74, 6) is -3.85. The van der Waals surface area contributed by atoms with Crippen molar-refractivity contribution in [1.82, 2.24) is 10.2 Å². The first kappa shape index (κ1) is 18.9. The van der Waals surface area contributed by atoms with E-state index in [0.29, 0.717) is 0 Å². The van der Waals surface area contributed by atoms with Crippen LogP contribution in [0.3, 0.4) is 0 Å². The van der Waals surface area contributed by atoms with E-state index in [1.54, 1.807) is 0 Å². The first-order chi connectivity index (χ1) is 12.3. The number of aliphatic carboxylic acids is 1. The maximum absolute atomic E-state index is 12.6. The highest BCUT2D eigenvalue weighted by molar-refractivity contribution is 8.00. The molecule has 4 atom stereocenters. The Balaban J connectivity index is 1.73. The molecule has 0 spiro atoms. The first-order valence-electron chi connectivity index (χ1n) is 7.85. The maximum atomic E-state index is 12.6. The number of β-lactam (4-membered cyclic amide) rings is 1. The average molecular weight is 389 g/mol. The number of nitrogens with zero attached hydrogens (tertiary/aromatic N) is 2. The Hall–Kier alpha value is -1.89. The number of aliphatic hydroxyl groups is 1. The molecule has 0 bridgehead atoms. The van der Waals surface area contributed by atoms with Crippen molar-refractivity contribution in [1.29, 1.82) is 0 Å². The molecule has 3 unspecified atom stereocenters. The average Bonchev–Trinajstić information content (AvgIpc) is 3.04. The molecule has 12 heteroatoms. The van der Waals surface area contributed by atoms with Crippen LogP contribution < -0.4 is 5.32 Å². The standard InChI is InChI=1S/C14H19N3O8S/c1-14(24-3-4-25-14)9(16-23-2)10(19)15-7-11(20)17-8(13(21)22)6(18)5-26-12(7)17/h6-8,12,18H,3-5H2,1-2H3,(H,15,19)(H,21,22)/t6?,7?,8?,12-/m0/s1. The maximum Gasteiger partial charge on any atom is 0.329 e. The van der Waals surface area contributed by atoms with Gasteiger partial charge in [0.1, 0.15) is 18.5 Å². The molecule has 3 N–H and O–H groups in total. The number of fused-ring (bicyclic) bond motifs is 1. The smallest absolute Gasteiger partial charge is 0.329 e. The van der Waals surface area contributed by atoms with Gasteiger partial charge in [-0.25, -0.2) is 4.79 Å². The van der Waals surface area contributed by atoms with Crippen molar-refractivity contribution < 1.29 is 38.9 Å². The molecule has 11 nitrogen and oxygen atoms in total. The molecule has 0 radical (unpaired) electrons. The summed E-state index contributed by atoms with van der Waals surface area (Å²) in [7, 11) is 1.26. The minimum absolute atomic E-state index is 0.140. The Kier molecular flexibility index (Phi) is 5.10. The third kappa shape index (κ3) is 3.02. The molecular weight excluding hydrogens is 370 g/mol. The van der Waals surface area contributed by atoms with E-state index in [2.05, 4.69) is 15.3 Å². The molecule has 3 aliphatic heterocycles. The van der Waals surface area contributed by atoms with Crippen LogP contribution in [-0.2, 0) is 28.7 Å². The molecule has 0 saturated carbocycles. The second kappa shape index (κ2) is 7.02. The van der Waals surface area contributed by atoms with E-state index in [0.717, 1.165) is 4.90 Å². The highest BCUT2D eigenvalue weighted by Crippen LogP contribution is 2.38. The van der Waals surface area contributed by atoms with Crippen molar-refractivity contribution in [3.63, 3.8) is 0 Å². The van der Waals surface area contributed by atoms with Gasteiger partial charge in [0.25, 0.3) is 5.91 Å². The van der Waals surface area contributed by atoms with Gasteiger partial charge in [-0.2, -0.15) is 0 Å². The summed E-state index contributed by atoms with van der Waals surface area (Å²) in [4.78, 5) is 42.0. The lowest BCUT2D eigenvalue weighted by molar-refractivity contribution is -0.167. The van der Waals surface area contributed by atoms with E-state index in [9.17, 15) is 24.6 Å². The van der Waals surface area contributed by atoms with Gasteiger partial charge < -0.3 is 34.7 Å². The van der Waals surface area contributed by atoms with Crippen molar-refractivity contribution in [2.24, 2.45) is 5.16 Å². The number of carboxylic acid groups (broad SMARTS) is 1. The van der Waals surface area contributed by atoms with Gasteiger partial charge >= 0.3 is 5.97 Å². The zero-order valence-corrected chi connectivity index (χ0v) is 14.9. The van der Waals surface area contributed by atoms with Crippen molar-refractivity contribution in [2.45, 2.75) is 36.3 Å². The van der Waals surface area contributed by atoms with Gasteiger partial charge in [0.05, 0.1) is 19.3 Å². The quantitative estimate of drug-likeness (QED) is 0.275. The third-order valence-electron chi connectivity index (χ3n) is 4.39. The molecule has 26 heavy (non-hydrogen) atoms. The Bertz CT molecular complexity index is 650. The van der Waals surface area contributed by atoms with E-state index in [1.165, 1.54) is 25.8 Å². The number of amides is 2. The second-order valence-electron chi connectivity index (χ2n) is 6.04. The van der Waals surface area contributed by atoms with Crippen LogP contribution in [0.2, 0.25) is 0 Å². The second-order valence-corrected chi connectivity index (χ2v) is 7.19. The molecular formula is C14H19N3O8S. The number of nitrogens with one attached hydrogen (secondary N) is 1. The van der Waals surface area contributed by atoms with Crippen LogP contribution in [0, 0.1) is 0 Å². The van der Waals surface area contributed by atoms with Gasteiger partial charge in [-0.15, -0.1) is 11.8 Å². The van der Waals surface area contributed by atoms with Crippen molar-refractivity contribution in [3.8, 4) is 0 Å². The lowest BCUT2D eigenvalue weighted by Gasteiger charge is -2.53. The Morgan fingerprint density at radius 1 is 1.42 bits per heavy atom. The molecule has 0 aromatic rings. The van der Waals surface area contributed by atoms with Crippen LogP contribution in [0.4, 0.5) is 0 Å². The zero-order chi connectivity index (χ0) is 19.1. The summed E-state index contributed by atoms with van der Waals surface area (Å²) >= 11 is 1.20. The predicted molar refractivity (Wildman–Crippen MR) is 87.2 cm³/mol. The number of oxime groups is 1. The normalized spacial score (nSPS) is 33.3. The van der Waals surface area contributed by atoms with E-state index >= 15 is 0 Å². The SMILES string of the molecule is CON=C(C(=O)NC1C(=O)N2C(C(=O)O)C(O)CS[C@@H]12)C1(C)OCCO1. The monoisotopic (exact) mass is 389 g/mol. The molecule has 2 amide bonds. The fourth-order valence-corrected chi connectivity index (χ4v) is 4.48. The van der Waals surface area contributed by atoms with Crippen LogP contribution in [0.1, 0.15) is 6.92 Å². The summed E-state index contributed by atoms with van der Waals surface area (Å²) in [6.45, 7) is 2.07. The summed E-state index contributed by atoms with van der Waals surface area (Å²) in [6.07, 6.45) is -1.17. The molecule has 3 heterocycles. The molecule has 0 aromatic carbocycles. The first-order valence-corrected chi connectivity index (χ1v) is 8.90. The number of carbonyl (C=O) groups is 3. The summed E-state index contributed by atoms with van der Waals surface area (Å²) in [5.41, 5.74) is -0.181. The topological polar surface area (TPSA) is 147 Å². The molecule has 144 valence electrons. The van der Waals surface area contributed by atoms with Gasteiger partial charge in [-0.05, 0) is 6.92 Å². The zero-order valence-electron chi connectivity index (χ0n) is 14.1. The largest absolute Gasteiger partial charge is 0.480 e. The van der Waals surface area contributed by atoms with Crippen molar-refractivity contribution >= 4 is 35.3 Å². The number of hydrogen-bond donors (Lipinski definition) is 3. The van der Waals surface area contributed by atoms with Crippen LogP contribution in [-0.4, -0.2) is 94.0 Å². The van der Waals surface area contributed by atoms with Gasteiger partial charge in [-0.1, -0.05) is 5.16 Å². The lowest BCUT2D eigenvalue weighted by Crippen LogP contribution is -2.77. The predicted octanol–water partition coefficient (Wildman–Crippen LogP) is -2.03. The van der Waals surface area contributed by atoms with Crippen LogP contribution in [0.25, 0.3) is 0 Å². The van der Waals surface area contributed by atoms with E-state index in [-0.39, 0.29) is 24.7 Å². The van der Waals surface area contributed by atoms with Gasteiger partial charge in [0, 0.05) is 5.75 Å². The molecule has 0 aliphatic carbocycles. The fourth-order valence-electron chi connectivity index (χ4n) is 3.13. The molecule has 3 rings (SSSR count). The number of rotatable bonds is 5. The van der Waals surface area contributed by atoms with E-state index in [1.807, 2.05) is 0 Å². The fraction of sp³-hybridized carbons (Fsp3) is 0.714. The minimum atomic E-state index is -1.40. The summed E-state index contributed by atoms with van der Waals surface area (Å²) in [6, 6.07) is -2.26. The number of carboxylic acids is 1. The number of aliphatic hydroxyl groups excluding tert-OH is 1. The number of carbonyl (C=O) groups excluding carboxylic acids is 2. The van der Waals surface area contributed by atoms with Gasteiger partial charge in [-0.3, -0.25) is 9.59 Å². The Morgan fingerprint density at radius 3 is 2.65 bits per heavy atom. The van der Waals surface area contributed by atoms with Crippen LogP contribution in [0.5, 0.6) is 0 Å². The number of thioether (sulfide) groups is 1. The number of ether oxygens (including phenoxy) is 2. The van der Waals surface area contributed by atoms with Gasteiger partial charge in [0.2, 0.25) is 17.4 Å². The molecule has 0 aromatic heterocycles. The van der Waals surface area contributed by atoms with Crippen molar-refractivity contribution in [2.75, 3.05) is 26.1 Å². The lowest BCUT2D eigenvalue weighted by atomic mass is 9.99. The van der Waals surface area contributed by atoms with Gasteiger partial charge in [0.15, 0.2) is 6.04 Å². The Labute approximate surface area is 152 Å². The Morgan fingerprint density at radius 2 is 2.08 bits per heavy atom. The molecule has 3 saturated heterocycles. The molecule has 3 aliphatic rings. The highest BCUT2D eigenvalue weighted by atomic mass is 32.2. The number of hydrogen-bond acceptors (Lipinski definition) is 9. The summed E-state index contributed by atoms with van der Waals surface area (Å²) < 4.78 is 10.8. The van der Waals surface area contributed by atoms with Crippen molar-refractivity contribution in [3.05, 3.63) is 0 Å². The molecule has 3 fully saturated rings. The summed E-state index contributed by atoms with van der Waals surface area (Å²) in [5, 5.41) is 24.7. The van der Waals surface area contributed by atoms with Crippen LogP contribution >= 0.6 is 11.8 Å². The minimum Gasteiger partial charge on any atom is -0.480 e.